The highest BCUT2D eigenvalue weighted by atomic mass is 16.3. The zero-order chi connectivity index (χ0) is 17.0. The summed E-state index contributed by atoms with van der Waals surface area (Å²) >= 11 is 0. The van der Waals surface area contributed by atoms with Gasteiger partial charge < -0.3 is 15.4 Å². The van der Waals surface area contributed by atoms with Crippen molar-refractivity contribution in [2.24, 2.45) is 0 Å². The van der Waals surface area contributed by atoms with Crippen LogP contribution in [-0.2, 0) is 16.6 Å². The van der Waals surface area contributed by atoms with Gasteiger partial charge in [-0.05, 0) is 18.4 Å². The average molecular weight is 327 g/mol. The Morgan fingerprint density at radius 3 is 2.62 bits per heavy atom. The van der Waals surface area contributed by atoms with E-state index in [1.165, 1.54) is 0 Å². The Kier molecular flexibility index (Phi) is 4.64. The quantitative estimate of drug-likeness (QED) is 0.778. The number of amides is 1. The molecule has 1 aliphatic carbocycles. The van der Waals surface area contributed by atoms with Crippen molar-refractivity contribution >= 4 is 5.91 Å². The first kappa shape index (κ1) is 16.2. The fourth-order valence-electron chi connectivity index (χ4n) is 3.46. The highest BCUT2D eigenvalue weighted by Gasteiger charge is 2.42. The van der Waals surface area contributed by atoms with Gasteiger partial charge in [0.1, 0.15) is 5.82 Å². The molecule has 1 amide bonds. The Hall–Kier alpha value is -2.63. The van der Waals surface area contributed by atoms with Gasteiger partial charge in [0.15, 0.2) is 0 Å². The fourth-order valence-corrected chi connectivity index (χ4v) is 3.46. The number of aromatic hydroxyl groups is 1. The topological polar surface area (TPSA) is 95.1 Å². The van der Waals surface area contributed by atoms with Gasteiger partial charge in [0, 0.05) is 13.0 Å². The Bertz CT molecular complexity index is 765. The first-order chi connectivity index (χ1) is 11.6. The lowest BCUT2D eigenvalue weighted by Crippen LogP contribution is -2.43. The summed E-state index contributed by atoms with van der Waals surface area (Å²) in [7, 11) is 0. The van der Waals surface area contributed by atoms with E-state index in [-0.39, 0.29) is 11.8 Å². The number of aromatic amines is 1. The normalized spacial score (nSPS) is 16.0. The van der Waals surface area contributed by atoms with Crippen molar-refractivity contribution in [3.63, 3.8) is 0 Å². The van der Waals surface area contributed by atoms with Gasteiger partial charge in [-0.25, -0.2) is 4.98 Å². The molecule has 1 aromatic heterocycles. The van der Waals surface area contributed by atoms with Crippen molar-refractivity contribution in [2.45, 2.75) is 37.5 Å². The van der Waals surface area contributed by atoms with Crippen LogP contribution in [0, 0.1) is 0 Å². The van der Waals surface area contributed by atoms with Crippen LogP contribution in [0.3, 0.4) is 0 Å². The lowest BCUT2D eigenvalue weighted by molar-refractivity contribution is -0.126. The van der Waals surface area contributed by atoms with E-state index in [4.69, 9.17) is 0 Å². The molecule has 0 aliphatic heterocycles. The standard InChI is InChI=1S/C18H21N3O3/c22-15-12-16(23)21-14(20-15)8-11-19-17(24)18(9-4-5-10-18)13-6-2-1-3-7-13/h1-3,6-7,12H,4-5,8-11H2,(H,19,24)(H2,20,21,22,23). The SMILES string of the molecule is O=C(NCCc1nc(O)cc(=O)[nH]1)C1(c2ccccc2)CCCC1. The molecule has 3 rings (SSSR count). The monoisotopic (exact) mass is 327 g/mol. The summed E-state index contributed by atoms with van der Waals surface area (Å²) in [4.78, 5) is 30.6. The summed E-state index contributed by atoms with van der Waals surface area (Å²) in [6.07, 6.45) is 4.15. The smallest absolute Gasteiger partial charge is 0.254 e. The highest BCUT2D eigenvalue weighted by Crippen LogP contribution is 2.41. The number of carbonyl (C=O) groups excluding carboxylic acids is 1. The molecule has 1 heterocycles. The molecule has 0 bridgehead atoms. The van der Waals surface area contributed by atoms with E-state index >= 15 is 0 Å². The van der Waals surface area contributed by atoms with Gasteiger partial charge in [-0.1, -0.05) is 43.2 Å². The Balaban J connectivity index is 1.68. The zero-order valence-electron chi connectivity index (χ0n) is 13.4. The number of hydrogen-bond donors (Lipinski definition) is 3. The van der Waals surface area contributed by atoms with Crippen LogP contribution in [0.15, 0.2) is 41.2 Å². The Morgan fingerprint density at radius 2 is 1.96 bits per heavy atom. The highest BCUT2D eigenvalue weighted by molar-refractivity contribution is 5.88. The molecule has 1 saturated carbocycles. The number of hydrogen-bond acceptors (Lipinski definition) is 4. The number of aromatic nitrogens is 2. The molecular weight excluding hydrogens is 306 g/mol. The molecule has 0 atom stereocenters. The minimum Gasteiger partial charge on any atom is -0.493 e. The molecule has 1 aliphatic rings. The maximum atomic E-state index is 12.8. The molecule has 24 heavy (non-hydrogen) atoms. The predicted molar refractivity (Wildman–Crippen MR) is 89.8 cm³/mol. The van der Waals surface area contributed by atoms with Gasteiger partial charge >= 0.3 is 0 Å². The first-order valence-corrected chi connectivity index (χ1v) is 8.23. The van der Waals surface area contributed by atoms with Crippen LogP contribution in [0.2, 0.25) is 0 Å². The molecule has 0 saturated heterocycles. The van der Waals surface area contributed by atoms with E-state index in [0.717, 1.165) is 37.3 Å². The molecule has 6 heteroatoms. The lowest BCUT2D eigenvalue weighted by atomic mass is 9.78. The zero-order valence-corrected chi connectivity index (χ0v) is 13.4. The third-order valence-electron chi connectivity index (χ3n) is 4.64. The largest absolute Gasteiger partial charge is 0.493 e. The summed E-state index contributed by atoms with van der Waals surface area (Å²) in [5, 5.41) is 12.3. The average Bonchev–Trinajstić information content (AvgIpc) is 3.06. The minimum atomic E-state index is -0.457. The van der Waals surface area contributed by atoms with Crippen molar-refractivity contribution in [1.82, 2.24) is 15.3 Å². The summed E-state index contributed by atoms with van der Waals surface area (Å²) in [6.45, 7) is 0.361. The third kappa shape index (κ3) is 3.32. The van der Waals surface area contributed by atoms with E-state index in [0.29, 0.717) is 18.8 Å². The van der Waals surface area contributed by atoms with Crippen molar-refractivity contribution in [1.29, 1.82) is 0 Å². The van der Waals surface area contributed by atoms with Crippen LogP contribution in [-0.4, -0.2) is 27.5 Å². The number of carbonyl (C=O) groups is 1. The van der Waals surface area contributed by atoms with Gasteiger partial charge in [0.25, 0.3) is 5.56 Å². The van der Waals surface area contributed by atoms with E-state index < -0.39 is 11.0 Å². The number of nitrogens with zero attached hydrogens (tertiary/aromatic N) is 1. The maximum absolute atomic E-state index is 12.8. The van der Waals surface area contributed by atoms with Crippen molar-refractivity contribution in [3.8, 4) is 5.88 Å². The number of benzene rings is 1. The van der Waals surface area contributed by atoms with Gasteiger partial charge in [-0.15, -0.1) is 0 Å². The molecule has 6 nitrogen and oxygen atoms in total. The summed E-state index contributed by atoms with van der Waals surface area (Å²) in [5.74, 6) is 0.0748. The molecule has 1 aromatic carbocycles. The second kappa shape index (κ2) is 6.86. The number of rotatable bonds is 5. The van der Waals surface area contributed by atoms with Crippen LogP contribution in [0.5, 0.6) is 5.88 Å². The Morgan fingerprint density at radius 1 is 1.25 bits per heavy atom. The number of nitrogens with one attached hydrogen (secondary N) is 2. The molecular formula is C18H21N3O3. The van der Waals surface area contributed by atoms with Gasteiger partial charge in [-0.2, -0.15) is 0 Å². The van der Waals surface area contributed by atoms with Crippen LogP contribution in [0.1, 0.15) is 37.1 Å². The van der Waals surface area contributed by atoms with Crippen LogP contribution < -0.4 is 10.9 Å². The van der Waals surface area contributed by atoms with Crippen LogP contribution in [0.25, 0.3) is 0 Å². The van der Waals surface area contributed by atoms with Crippen LogP contribution >= 0.6 is 0 Å². The second-order valence-corrected chi connectivity index (χ2v) is 6.21. The van der Waals surface area contributed by atoms with Gasteiger partial charge in [0.05, 0.1) is 11.5 Å². The number of H-pyrrole nitrogens is 1. The maximum Gasteiger partial charge on any atom is 0.254 e. The van der Waals surface area contributed by atoms with E-state index in [1.54, 1.807) is 0 Å². The summed E-state index contributed by atoms with van der Waals surface area (Å²) in [6, 6.07) is 10.9. The van der Waals surface area contributed by atoms with Crippen molar-refractivity contribution in [2.75, 3.05) is 6.54 Å². The summed E-state index contributed by atoms with van der Waals surface area (Å²) < 4.78 is 0. The molecule has 0 unspecified atom stereocenters. The molecule has 1 fully saturated rings. The second-order valence-electron chi connectivity index (χ2n) is 6.21. The molecule has 2 aromatic rings. The molecule has 0 radical (unpaired) electrons. The third-order valence-corrected chi connectivity index (χ3v) is 4.64. The Labute approximate surface area is 140 Å². The summed E-state index contributed by atoms with van der Waals surface area (Å²) in [5.41, 5.74) is 0.199. The fraction of sp³-hybridized carbons (Fsp3) is 0.389. The van der Waals surface area contributed by atoms with Gasteiger partial charge in [0.2, 0.25) is 11.8 Å². The van der Waals surface area contributed by atoms with E-state index in [1.807, 2.05) is 30.3 Å². The van der Waals surface area contributed by atoms with Crippen molar-refractivity contribution < 1.29 is 9.90 Å². The molecule has 0 spiro atoms. The van der Waals surface area contributed by atoms with Crippen molar-refractivity contribution in [3.05, 3.63) is 58.1 Å². The first-order valence-electron chi connectivity index (χ1n) is 8.23. The van der Waals surface area contributed by atoms with E-state index in [9.17, 15) is 14.7 Å². The lowest BCUT2D eigenvalue weighted by Gasteiger charge is -2.28. The minimum absolute atomic E-state index is 0.0219. The molecule has 3 N–H and O–H groups in total. The molecule has 126 valence electrons. The predicted octanol–water partition coefficient (Wildman–Crippen LogP) is 1.65. The van der Waals surface area contributed by atoms with Crippen LogP contribution in [0.4, 0.5) is 0 Å². The van der Waals surface area contributed by atoms with E-state index in [2.05, 4.69) is 15.3 Å². The van der Waals surface area contributed by atoms with Gasteiger partial charge in [-0.3, -0.25) is 9.59 Å².